The second-order valence-corrected chi connectivity index (χ2v) is 4.91. The number of amides is 1. The molecule has 1 amide bonds. The molecule has 16 heavy (non-hydrogen) atoms. The number of rotatable bonds is 4. The zero-order valence-corrected chi connectivity index (χ0v) is 11.6. The number of carbonyl (C=O) groups is 1. The molecule has 1 aromatic rings. The summed E-state index contributed by atoms with van der Waals surface area (Å²) in [5.74, 6) is 0.0921. The zero-order chi connectivity index (χ0) is 12.1. The fraction of sp³-hybridized carbons (Fsp3) is 0.462. The lowest BCUT2D eigenvalue weighted by atomic mass is 10.0. The molecule has 0 spiro atoms. The van der Waals surface area contributed by atoms with E-state index in [1.807, 2.05) is 13.8 Å². The van der Waals surface area contributed by atoms with Gasteiger partial charge in [-0.3, -0.25) is 4.79 Å². The molecule has 0 saturated carbocycles. The van der Waals surface area contributed by atoms with Crippen molar-refractivity contribution < 1.29 is 4.79 Å². The predicted octanol–water partition coefficient (Wildman–Crippen LogP) is 3.73. The van der Waals surface area contributed by atoms with E-state index in [1.54, 1.807) is 0 Å². The van der Waals surface area contributed by atoms with E-state index in [4.69, 9.17) is 0 Å². The summed E-state index contributed by atoms with van der Waals surface area (Å²) in [4.78, 5) is 11.6. The third-order valence-electron chi connectivity index (χ3n) is 2.48. The summed E-state index contributed by atoms with van der Waals surface area (Å²) in [6, 6.07) is 4.18. The number of benzene rings is 1. The van der Waals surface area contributed by atoms with Gasteiger partial charge in [-0.2, -0.15) is 0 Å². The van der Waals surface area contributed by atoms with E-state index in [9.17, 15) is 4.79 Å². The quantitative estimate of drug-likeness (QED) is 0.839. The van der Waals surface area contributed by atoms with Crippen molar-refractivity contribution in [3.63, 3.8) is 0 Å². The number of hydrogen-bond donors (Lipinski definition) is 1. The van der Waals surface area contributed by atoms with Crippen molar-refractivity contribution in [3.05, 3.63) is 28.8 Å². The number of carbonyl (C=O) groups excluding carboxylic acids is 1. The first kappa shape index (κ1) is 13.2. The van der Waals surface area contributed by atoms with Crippen LogP contribution in [0.15, 0.2) is 12.1 Å². The van der Waals surface area contributed by atoms with Gasteiger partial charge in [-0.05, 0) is 38.3 Å². The Labute approximate surface area is 106 Å². The van der Waals surface area contributed by atoms with Crippen molar-refractivity contribution in [2.24, 2.45) is 0 Å². The monoisotopic (exact) mass is 283 g/mol. The van der Waals surface area contributed by atoms with E-state index in [1.165, 1.54) is 5.56 Å². The smallest absolute Gasteiger partial charge is 0.224 e. The molecule has 2 nitrogen and oxygen atoms in total. The summed E-state index contributed by atoms with van der Waals surface area (Å²) >= 11 is 3.32. The minimum atomic E-state index is 0.0921. The highest BCUT2D eigenvalue weighted by Gasteiger charge is 2.07. The Balaban J connectivity index is 2.77. The highest BCUT2D eigenvalue weighted by molar-refractivity contribution is 9.09. The van der Waals surface area contributed by atoms with Crippen molar-refractivity contribution >= 4 is 27.5 Å². The minimum Gasteiger partial charge on any atom is -0.326 e. The highest BCUT2D eigenvalue weighted by Crippen LogP contribution is 2.22. The summed E-state index contributed by atoms with van der Waals surface area (Å²) < 4.78 is 0. The van der Waals surface area contributed by atoms with Gasteiger partial charge in [0.05, 0.1) is 0 Å². The molecular formula is C13H18BrNO. The van der Waals surface area contributed by atoms with Gasteiger partial charge in [0.1, 0.15) is 0 Å². The van der Waals surface area contributed by atoms with Crippen LogP contribution < -0.4 is 5.32 Å². The molecule has 0 fully saturated rings. The van der Waals surface area contributed by atoms with Gasteiger partial charge in [-0.25, -0.2) is 0 Å². The first-order valence-corrected chi connectivity index (χ1v) is 6.60. The normalized spacial score (nSPS) is 10.2. The lowest BCUT2D eigenvalue weighted by molar-refractivity contribution is -0.116. The first-order chi connectivity index (χ1) is 7.54. The van der Waals surface area contributed by atoms with Crippen LogP contribution in [0.2, 0.25) is 0 Å². The number of nitrogens with one attached hydrogen (secondary N) is 1. The van der Waals surface area contributed by atoms with E-state index in [-0.39, 0.29) is 5.91 Å². The van der Waals surface area contributed by atoms with Gasteiger partial charge >= 0.3 is 0 Å². The molecule has 1 N–H and O–H groups in total. The van der Waals surface area contributed by atoms with E-state index >= 15 is 0 Å². The molecule has 0 unspecified atom stereocenters. The number of alkyl halides is 1. The molecule has 1 aromatic carbocycles. The molecule has 0 saturated heterocycles. The van der Waals surface area contributed by atoms with E-state index in [0.717, 1.165) is 28.6 Å². The van der Waals surface area contributed by atoms with E-state index in [2.05, 4.69) is 40.3 Å². The molecule has 0 radical (unpaired) electrons. The second kappa shape index (κ2) is 6.04. The Kier molecular flexibility index (Phi) is 5.00. The molecule has 0 aliphatic heterocycles. The molecule has 0 heterocycles. The maximum atomic E-state index is 11.6. The first-order valence-electron chi connectivity index (χ1n) is 5.48. The fourth-order valence-corrected chi connectivity index (χ4v) is 2.09. The molecule has 0 aromatic heterocycles. The number of hydrogen-bond acceptors (Lipinski definition) is 1. The van der Waals surface area contributed by atoms with Crippen molar-refractivity contribution in [2.75, 3.05) is 10.6 Å². The van der Waals surface area contributed by atoms with Gasteiger partial charge < -0.3 is 5.32 Å². The molecule has 3 heteroatoms. The zero-order valence-electron chi connectivity index (χ0n) is 10.1. The number of aryl methyl sites for hydroxylation is 3. The summed E-state index contributed by atoms with van der Waals surface area (Å²) in [7, 11) is 0. The van der Waals surface area contributed by atoms with Crippen LogP contribution in [0, 0.1) is 20.8 Å². The van der Waals surface area contributed by atoms with Gasteiger partial charge in [0.15, 0.2) is 0 Å². The van der Waals surface area contributed by atoms with Crippen molar-refractivity contribution in [2.45, 2.75) is 33.6 Å². The van der Waals surface area contributed by atoms with Gasteiger partial charge in [-0.15, -0.1) is 0 Å². The maximum Gasteiger partial charge on any atom is 0.224 e. The molecular weight excluding hydrogens is 266 g/mol. The second-order valence-electron chi connectivity index (χ2n) is 4.11. The molecule has 1 rings (SSSR count). The number of halogens is 1. The Bertz CT molecular complexity index is 365. The topological polar surface area (TPSA) is 29.1 Å². The van der Waals surface area contributed by atoms with E-state index in [0.29, 0.717) is 6.42 Å². The van der Waals surface area contributed by atoms with Crippen LogP contribution in [0.5, 0.6) is 0 Å². The Hall–Kier alpha value is -0.830. The van der Waals surface area contributed by atoms with Crippen molar-refractivity contribution in [3.8, 4) is 0 Å². The third-order valence-corrected chi connectivity index (χ3v) is 3.04. The predicted molar refractivity (Wildman–Crippen MR) is 72.3 cm³/mol. The molecule has 88 valence electrons. The van der Waals surface area contributed by atoms with E-state index < -0.39 is 0 Å². The fourth-order valence-electron chi connectivity index (χ4n) is 1.81. The standard InChI is InChI=1S/C13H18BrNO/c1-9-7-10(2)13(11(3)8-9)15-12(16)5-4-6-14/h7-8H,4-6H2,1-3H3,(H,15,16). The van der Waals surface area contributed by atoms with Gasteiger partial charge in [0, 0.05) is 17.4 Å². The largest absolute Gasteiger partial charge is 0.326 e. The highest BCUT2D eigenvalue weighted by atomic mass is 79.9. The van der Waals surface area contributed by atoms with Crippen LogP contribution in [-0.4, -0.2) is 11.2 Å². The maximum absolute atomic E-state index is 11.6. The summed E-state index contributed by atoms with van der Waals surface area (Å²) in [6.07, 6.45) is 1.44. The Morgan fingerprint density at radius 3 is 2.31 bits per heavy atom. The van der Waals surface area contributed by atoms with Crippen LogP contribution in [0.3, 0.4) is 0 Å². The molecule has 0 aliphatic carbocycles. The van der Waals surface area contributed by atoms with Crippen LogP contribution in [0.4, 0.5) is 5.69 Å². The average molecular weight is 284 g/mol. The molecule has 0 atom stereocenters. The third kappa shape index (κ3) is 3.63. The van der Waals surface area contributed by atoms with Crippen LogP contribution in [0.1, 0.15) is 29.5 Å². The Morgan fingerprint density at radius 1 is 1.25 bits per heavy atom. The lowest BCUT2D eigenvalue weighted by Crippen LogP contribution is -2.13. The lowest BCUT2D eigenvalue weighted by Gasteiger charge is -2.12. The Morgan fingerprint density at radius 2 is 1.81 bits per heavy atom. The SMILES string of the molecule is Cc1cc(C)c(NC(=O)CCCBr)c(C)c1. The van der Waals surface area contributed by atoms with Crippen molar-refractivity contribution in [1.29, 1.82) is 0 Å². The van der Waals surface area contributed by atoms with Gasteiger partial charge in [-0.1, -0.05) is 33.6 Å². The molecule has 0 aliphatic rings. The molecule has 0 bridgehead atoms. The summed E-state index contributed by atoms with van der Waals surface area (Å²) in [5.41, 5.74) is 4.45. The van der Waals surface area contributed by atoms with Gasteiger partial charge in [0.2, 0.25) is 5.91 Å². The summed E-state index contributed by atoms with van der Waals surface area (Å²) in [5, 5.41) is 3.85. The number of anilines is 1. The summed E-state index contributed by atoms with van der Waals surface area (Å²) in [6.45, 7) is 6.12. The van der Waals surface area contributed by atoms with Crippen LogP contribution in [0.25, 0.3) is 0 Å². The minimum absolute atomic E-state index is 0.0921. The van der Waals surface area contributed by atoms with Crippen molar-refractivity contribution in [1.82, 2.24) is 0 Å². The van der Waals surface area contributed by atoms with Gasteiger partial charge in [0.25, 0.3) is 0 Å². The van der Waals surface area contributed by atoms with Crippen LogP contribution in [-0.2, 0) is 4.79 Å². The van der Waals surface area contributed by atoms with Crippen LogP contribution >= 0.6 is 15.9 Å². The average Bonchev–Trinajstić information content (AvgIpc) is 2.20.